The number of unbranched alkanes of at least 4 members (excludes halogenated alkanes) is 1. The molecule has 0 aliphatic rings. The first-order valence-corrected chi connectivity index (χ1v) is 10.3. The normalized spacial score (nSPS) is 11.8. The lowest BCUT2D eigenvalue weighted by Crippen LogP contribution is -2.03. The fourth-order valence-electron chi connectivity index (χ4n) is 4.30. The Labute approximate surface area is 169 Å². The number of aryl methyl sites for hydroxylation is 3. The fraction of sp³-hybridized carbons (Fsp3) is 0.250. The predicted molar refractivity (Wildman–Crippen MR) is 120 cm³/mol. The van der Waals surface area contributed by atoms with Gasteiger partial charge in [0.2, 0.25) is 0 Å². The van der Waals surface area contributed by atoms with Crippen LogP contribution in [0, 0.1) is 0 Å². The smallest absolute Gasteiger partial charge is 0.152 e. The van der Waals surface area contributed by atoms with Gasteiger partial charge in [-0.3, -0.25) is 4.68 Å². The lowest BCUT2D eigenvalue weighted by molar-refractivity contribution is 0.577. The highest BCUT2D eigenvalue weighted by Gasteiger charge is 2.16. The molecule has 5 heteroatoms. The average molecular weight is 383 g/mol. The van der Waals surface area contributed by atoms with E-state index < -0.39 is 0 Å². The van der Waals surface area contributed by atoms with E-state index in [1.54, 1.807) is 0 Å². The first-order valence-electron chi connectivity index (χ1n) is 10.3. The Hall–Kier alpha value is -3.34. The van der Waals surface area contributed by atoms with E-state index in [1.165, 1.54) is 21.9 Å². The standard InChI is InChI=1S/C24H25N5/c1-2-29-21(13-7-8-14-28-15-17-9-3-4-10-18(17)16-28)22-19-11-5-6-12-20(19)26-24(25)23(22)27-29/h3-6,9-12,15-16H,2,7-8,13-14H2,1H3,(H2,25,26). The molecule has 0 aliphatic carbocycles. The van der Waals surface area contributed by atoms with Crippen LogP contribution >= 0.6 is 0 Å². The largest absolute Gasteiger partial charge is 0.382 e. The summed E-state index contributed by atoms with van der Waals surface area (Å²) >= 11 is 0. The quantitative estimate of drug-likeness (QED) is 0.412. The Kier molecular flexibility index (Phi) is 4.43. The number of nitrogens with zero attached hydrogens (tertiary/aromatic N) is 4. The van der Waals surface area contributed by atoms with Crippen LogP contribution < -0.4 is 5.73 Å². The molecule has 2 N–H and O–H groups in total. The van der Waals surface area contributed by atoms with Crippen molar-refractivity contribution in [3.05, 3.63) is 66.6 Å². The summed E-state index contributed by atoms with van der Waals surface area (Å²) in [4.78, 5) is 4.55. The van der Waals surface area contributed by atoms with Crippen LogP contribution in [0.5, 0.6) is 0 Å². The highest BCUT2D eigenvalue weighted by Crippen LogP contribution is 2.31. The van der Waals surface area contributed by atoms with Crippen molar-refractivity contribution in [1.82, 2.24) is 19.3 Å². The molecule has 3 heterocycles. The minimum Gasteiger partial charge on any atom is -0.382 e. The third-order valence-electron chi connectivity index (χ3n) is 5.70. The van der Waals surface area contributed by atoms with Crippen LogP contribution in [0.15, 0.2) is 60.9 Å². The number of hydrogen-bond donors (Lipinski definition) is 1. The Morgan fingerprint density at radius 1 is 0.931 bits per heavy atom. The van der Waals surface area contributed by atoms with Gasteiger partial charge in [-0.2, -0.15) is 5.10 Å². The summed E-state index contributed by atoms with van der Waals surface area (Å²) in [5.74, 6) is 0.520. The van der Waals surface area contributed by atoms with Crippen LogP contribution in [0.1, 0.15) is 25.5 Å². The van der Waals surface area contributed by atoms with Crippen molar-refractivity contribution in [2.24, 2.45) is 0 Å². The Morgan fingerprint density at radius 3 is 2.41 bits per heavy atom. The second kappa shape index (κ2) is 7.24. The molecule has 146 valence electrons. The van der Waals surface area contributed by atoms with Crippen LogP contribution in [0.25, 0.3) is 32.6 Å². The van der Waals surface area contributed by atoms with Crippen molar-refractivity contribution >= 4 is 38.4 Å². The molecular weight excluding hydrogens is 358 g/mol. The Morgan fingerprint density at radius 2 is 1.66 bits per heavy atom. The van der Waals surface area contributed by atoms with Gasteiger partial charge in [-0.25, -0.2) is 4.98 Å². The lowest BCUT2D eigenvalue weighted by Gasteiger charge is -2.08. The number of pyridine rings is 1. The van der Waals surface area contributed by atoms with Gasteiger partial charge < -0.3 is 10.3 Å². The zero-order valence-electron chi connectivity index (χ0n) is 16.7. The van der Waals surface area contributed by atoms with Gasteiger partial charge in [0.25, 0.3) is 0 Å². The molecule has 0 radical (unpaired) electrons. The first kappa shape index (κ1) is 17.7. The van der Waals surface area contributed by atoms with Crippen LogP contribution in [-0.2, 0) is 19.5 Å². The molecule has 29 heavy (non-hydrogen) atoms. The van der Waals surface area contributed by atoms with Gasteiger partial charge in [0, 0.05) is 41.9 Å². The summed E-state index contributed by atoms with van der Waals surface area (Å²) in [7, 11) is 0. The summed E-state index contributed by atoms with van der Waals surface area (Å²) in [6.07, 6.45) is 7.68. The van der Waals surface area contributed by atoms with Gasteiger partial charge in [-0.1, -0.05) is 42.5 Å². The van der Waals surface area contributed by atoms with Gasteiger partial charge in [0.1, 0.15) is 5.52 Å². The fourth-order valence-corrected chi connectivity index (χ4v) is 4.30. The van der Waals surface area contributed by atoms with Crippen molar-refractivity contribution in [1.29, 1.82) is 0 Å². The van der Waals surface area contributed by atoms with Gasteiger partial charge in [-0.15, -0.1) is 0 Å². The molecule has 2 aromatic carbocycles. The van der Waals surface area contributed by atoms with E-state index in [2.05, 4.69) is 69.9 Å². The molecule has 0 amide bonds. The highest BCUT2D eigenvalue weighted by atomic mass is 15.3. The second-order valence-electron chi connectivity index (χ2n) is 7.58. The van der Waals surface area contributed by atoms with Crippen molar-refractivity contribution in [3.8, 4) is 0 Å². The maximum absolute atomic E-state index is 6.24. The molecule has 5 rings (SSSR count). The summed E-state index contributed by atoms with van der Waals surface area (Å²) in [5, 5.41) is 9.69. The maximum Gasteiger partial charge on any atom is 0.152 e. The zero-order chi connectivity index (χ0) is 19.8. The van der Waals surface area contributed by atoms with Crippen LogP contribution in [0.3, 0.4) is 0 Å². The molecule has 0 unspecified atom stereocenters. The molecule has 0 saturated heterocycles. The number of anilines is 1. The van der Waals surface area contributed by atoms with Crippen molar-refractivity contribution in [2.75, 3.05) is 5.73 Å². The monoisotopic (exact) mass is 383 g/mol. The predicted octanol–water partition coefficient (Wildman–Crippen LogP) is 5.16. The summed E-state index contributed by atoms with van der Waals surface area (Å²) in [5.41, 5.74) is 9.27. The van der Waals surface area contributed by atoms with Crippen LogP contribution in [0.2, 0.25) is 0 Å². The summed E-state index contributed by atoms with van der Waals surface area (Å²) < 4.78 is 4.40. The van der Waals surface area contributed by atoms with Crippen molar-refractivity contribution < 1.29 is 0 Å². The molecule has 3 aromatic heterocycles. The Balaban J connectivity index is 1.40. The van der Waals surface area contributed by atoms with E-state index in [0.717, 1.165) is 48.8 Å². The SMILES string of the molecule is CCn1nc2c(N)nc3ccccc3c2c1CCCCn1cc2ccccc2c1. The summed E-state index contributed by atoms with van der Waals surface area (Å²) in [6, 6.07) is 16.7. The highest BCUT2D eigenvalue weighted by molar-refractivity contribution is 6.09. The van der Waals surface area contributed by atoms with E-state index in [9.17, 15) is 0 Å². The van der Waals surface area contributed by atoms with Gasteiger partial charge in [0.05, 0.1) is 5.52 Å². The molecule has 5 nitrogen and oxygen atoms in total. The van der Waals surface area contributed by atoms with E-state index in [0.29, 0.717) is 5.82 Å². The number of nitrogen functional groups attached to an aromatic ring is 1. The minimum atomic E-state index is 0.520. The molecule has 0 spiro atoms. The van der Waals surface area contributed by atoms with Crippen LogP contribution in [0.4, 0.5) is 5.82 Å². The third kappa shape index (κ3) is 3.12. The second-order valence-corrected chi connectivity index (χ2v) is 7.58. The number of aromatic nitrogens is 4. The number of para-hydroxylation sites is 1. The number of fused-ring (bicyclic) bond motifs is 4. The van der Waals surface area contributed by atoms with Crippen molar-refractivity contribution in [3.63, 3.8) is 0 Å². The molecule has 5 aromatic rings. The zero-order valence-corrected chi connectivity index (χ0v) is 16.7. The molecule has 0 bridgehead atoms. The van der Waals surface area contributed by atoms with Gasteiger partial charge >= 0.3 is 0 Å². The molecule has 0 atom stereocenters. The summed E-state index contributed by atoms with van der Waals surface area (Å²) in [6.45, 7) is 3.99. The molecule has 0 aliphatic heterocycles. The van der Waals surface area contributed by atoms with E-state index in [4.69, 9.17) is 10.8 Å². The van der Waals surface area contributed by atoms with Crippen LogP contribution in [-0.4, -0.2) is 19.3 Å². The third-order valence-corrected chi connectivity index (χ3v) is 5.70. The van der Waals surface area contributed by atoms with Crippen molar-refractivity contribution in [2.45, 2.75) is 39.3 Å². The number of hydrogen-bond acceptors (Lipinski definition) is 3. The molecule has 0 saturated carbocycles. The number of benzene rings is 2. The van der Waals surface area contributed by atoms with E-state index in [1.807, 2.05) is 12.1 Å². The Bertz CT molecular complexity index is 1280. The lowest BCUT2D eigenvalue weighted by atomic mass is 10.1. The number of rotatable bonds is 6. The molecular formula is C24H25N5. The van der Waals surface area contributed by atoms with E-state index in [-0.39, 0.29) is 0 Å². The van der Waals surface area contributed by atoms with E-state index >= 15 is 0 Å². The number of nitrogens with two attached hydrogens (primary N) is 1. The topological polar surface area (TPSA) is 61.7 Å². The van der Waals surface area contributed by atoms with Gasteiger partial charge in [-0.05, 0) is 43.0 Å². The first-order chi connectivity index (χ1) is 14.2. The minimum absolute atomic E-state index is 0.520. The maximum atomic E-state index is 6.24. The average Bonchev–Trinajstić information content (AvgIpc) is 3.32. The molecule has 0 fully saturated rings. The van der Waals surface area contributed by atoms with Gasteiger partial charge in [0.15, 0.2) is 5.82 Å².